The molecule has 1 atom stereocenters. The molecule has 2 aromatic rings. The highest BCUT2D eigenvalue weighted by Crippen LogP contribution is 2.24. The zero-order valence-electron chi connectivity index (χ0n) is 10.5. The summed E-state index contributed by atoms with van der Waals surface area (Å²) in [5, 5.41) is 0. The third kappa shape index (κ3) is 2.68. The summed E-state index contributed by atoms with van der Waals surface area (Å²) in [6, 6.07) is 16.8. The second kappa shape index (κ2) is 5.05. The van der Waals surface area contributed by atoms with Gasteiger partial charge in [0.1, 0.15) is 0 Å². The van der Waals surface area contributed by atoms with Crippen molar-refractivity contribution in [3.63, 3.8) is 0 Å². The summed E-state index contributed by atoms with van der Waals surface area (Å²) in [4.78, 5) is 0. The molecule has 0 aliphatic heterocycles. The molecule has 0 radical (unpaired) electrons. The van der Waals surface area contributed by atoms with Crippen LogP contribution >= 0.6 is 0 Å². The van der Waals surface area contributed by atoms with Crippen LogP contribution in [-0.2, 0) is 0 Å². The van der Waals surface area contributed by atoms with Crippen LogP contribution in [0.5, 0.6) is 0 Å². The van der Waals surface area contributed by atoms with Crippen LogP contribution in [0.2, 0.25) is 0 Å². The van der Waals surface area contributed by atoms with E-state index < -0.39 is 0 Å². The zero-order valence-corrected chi connectivity index (χ0v) is 10.5. The largest absolute Gasteiger partial charge is 0.399 e. The van der Waals surface area contributed by atoms with E-state index in [0.29, 0.717) is 5.92 Å². The van der Waals surface area contributed by atoms with Crippen molar-refractivity contribution in [2.24, 2.45) is 0 Å². The van der Waals surface area contributed by atoms with E-state index in [1.54, 1.807) is 0 Å². The summed E-state index contributed by atoms with van der Waals surface area (Å²) in [6.07, 6.45) is 1.18. The third-order valence-electron chi connectivity index (χ3n) is 3.34. The summed E-state index contributed by atoms with van der Waals surface area (Å²) in [5.74, 6) is 0.635. The van der Waals surface area contributed by atoms with E-state index in [9.17, 15) is 0 Å². The van der Waals surface area contributed by atoms with Gasteiger partial charge in [0.15, 0.2) is 0 Å². The fourth-order valence-electron chi connectivity index (χ4n) is 1.92. The van der Waals surface area contributed by atoms with Gasteiger partial charge in [-0.2, -0.15) is 0 Å². The van der Waals surface area contributed by atoms with Gasteiger partial charge in [-0.1, -0.05) is 50.2 Å². The van der Waals surface area contributed by atoms with E-state index in [1.807, 2.05) is 12.1 Å². The van der Waals surface area contributed by atoms with Gasteiger partial charge in [-0.05, 0) is 41.2 Å². The molecule has 0 heterocycles. The molecular weight excluding hydrogens is 206 g/mol. The highest BCUT2D eigenvalue weighted by Gasteiger charge is 2.03. The molecule has 0 unspecified atom stereocenters. The third-order valence-corrected chi connectivity index (χ3v) is 3.34. The second-order valence-corrected chi connectivity index (χ2v) is 4.55. The van der Waals surface area contributed by atoms with Gasteiger partial charge in [-0.15, -0.1) is 0 Å². The van der Waals surface area contributed by atoms with Crippen LogP contribution in [0.3, 0.4) is 0 Å². The van der Waals surface area contributed by atoms with Crippen molar-refractivity contribution in [1.29, 1.82) is 0 Å². The monoisotopic (exact) mass is 225 g/mol. The minimum Gasteiger partial charge on any atom is -0.399 e. The lowest BCUT2D eigenvalue weighted by Crippen LogP contribution is -1.90. The van der Waals surface area contributed by atoms with Crippen LogP contribution in [0.15, 0.2) is 48.5 Å². The van der Waals surface area contributed by atoms with Gasteiger partial charge in [-0.25, -0.2) is 0 Å². The first-order valence-corrected chi connectivity index (χ1v) is 6.16. The first kappa shape index (κ1) is 11.7. The Morgan fingerprint density at radius 1 is 0.882 bits per heavy atom. The Hall–Kier alpha value is -1.76. The predicted octanol–water partition coefficient (Wildman–Crippen LogP) is 4.45. The molecule has 2 N–H and O–H groups in total. The van der Waals surface area contributed by atoms with Gasteiger partial charge in [0.05, 0.1) is 0 Å². The number of nitrogens with two attached hydrogens (primary N) is 1. The maximum atomic E-state index is 5.69. The second-order valence-electron chi connectivity index (χ2n) is 4.55. The van der Waals surface area contributed by atoms with Crippen molar-refractivity contribution < 1.29 is 0 Å². The fourth-order valence-corrected chi connectivity index (χ4v) is 1.92. The molecule has 1 nitrogen and oxygen atoms in total. The molecule has 0 fully saturated rings. The molecule has 17 heavy (non-hydrogen) atoms. The molecule has 0 aromatic heterocycles. The molecule has 88 valence electrons. The van der Waals surface area contributed by atoms with E-state index in [4.69, 9.17) is 5.73 Å². The molecule has 0 aliphatic rings. The van der Waals surface area contributed by atoms with E-state index in [2.05, 4.69) is 50.2 Å². The summed E-state index contributed by atoms with van der Waals surface area (Å²) < 4.78 is 0. The highest BCUT2D eigenvalue weighted by molar-refractivity contribution is 5.65. The van der Waals surface area contributed by atoms with Crippen LogP contribution in [-0.4, -0.2) is 0 Å². The Morgan fingerprint density at radius 3 is 1.82 bits per heavy atom. The molecule has 1 heteroatoms. The average molecular weight is 225 g/mol. The van der Waals surface area contributed by atoms with Crippen LogP contribution in [0.4, 0.5) is 5.69 Å². The van der Waals surface area contributed by atoms with Crippen molar-refractivity contribution in [2.75, 3.05) is 5.73 Å². The molecular formula is C16H19N. The molecule has 0 bridgehead atoms. The van der Waals surface area contributed by atoms with Crippen molar-refractivity contribution in [3.8, 4) is 11.1 Å². The molecule has 0 amide bonds. The number of hydrogen-bond donors (Lipinski definition) is 1. The molecule has 2 aromatic carbocycles. The Labute approximate surface area is 103 Å². The van der Waals surface area contributed by atoms with Crippen LogP contribution in [0.25, 0.3) is 11.1 Å². The SMILES string of the molecule is CC[C@H](C)c1ccc(-c2ccc(N)cc2)cc1. The standard InChI is InChI=1S/C16H19N/c1-3-12(2)13-4-6-14(7-5-13)15-8-10-16(17)11-9-15/h4-12H,3,17H2,1-2H3/t12-/m0/s1. The van der Waals surface area contributed by atoms with Gasteiger partial charge in [0.25, 0.3) is 0 Å². The topological polar surface area (TPSA) is 26.0 Å². The fraction of sp³-hybridized carbons (Fsp3) is 0.250. The average Bonchev–Trinajstić information content (AvgIpc) is 2.39. The Bertz CT molecular complexity index is 468. The van der Waals surface area contributed by atoms with Gasteiger partial charge in [0.2, 0.25) is 0 Å². The first-order valence-electron chi connectivity index (χ1n) is 6.16. The minimum absolute atomic E-state index is 0.635. The summed E-state index contributed by atoms with van der Waals surface area (Å²) in [6.45, 7) is 4.48. The lowest BCUT2D eigenvalue weighted by molar-refractivity contribution is 0.734. The molecule has 0 spiro atoms. The van der Waals surface area contributed by atoms with Gasteiger partial charge < -0.3 is 5.73 Å². The van der Waals surface area contributed by atoms with E-state index in [-0.39, 0.29) is 0 Å². The smallest absolute Gasteiger partial charge is 0.0314 e. The van der Waals surface area contributed by atoms with Gasteiger partial charge >= 0.3 is 0 Å². The molecule has 2 rings (SSSR count). The molecule has 0 saturated heterocycles. The van der Waals surface area contributed by atoms with Gasteiger partial charge in [0, 0.05) is 5.69 Å². The van der Waals surface area contributed by atoms with Crippen LogP contribution in [0.1, 0.15) is 31.7 Å². The van der Waals surface area contributed by atoms with Gasteiger partial charge in [-0.3, -0.25) is 0 Å². The summed E-state index contributed by atoms with van der Waals surface area (Å²) in [5.41, 5.74) is 10.4. The van der Waals surface area contributed by atoms with E-state index in [1.165, 1.54) is 23.1 Å². The Balaban J connectivity index is 2.26. The predicted molar refractivity (Wildman–Crippen MR) is 75.0 cm³/mol. The molecule has 0 saturated carbocycles. The Morgan fingerprint density at radius 2 is 1.35 bits per heavy atom. The number of hydrogen-bond acceptors (Lipinski definition) is 1. The minimum atomic E-state index is 0.635. The van der Waals surface area contributed by atoms with E-state index in [0.717, 1.165) is 5.69 Å². The highest BCUT2D eigenvalue weighted by atomic mass is 14.5. The lowest BCUT2D eigenvalue weighted by Gasteiger charge is -2.10. The number of benzene rings is 2. The molecule has 0 aliphatic carbocycles. The van der Waals surface area contributed by atoms with E-state index >= 15 is 0 Å². The first-order chi connectivity index (χ1) is 8.20. The number of rotatable bonds is 3. The maximum Gasteiger partial charge on any atom is 0.0314 e. The van der Waals surface area contributed by atoms with Crippen molar-refractivity contribution in [2.45, 2.75) is 26.2 Å². The number of nitrogen functional groups attached to an aromatic ring is 1. The maximum absolute atomic E-state index is 5.69. The van der Waals surface area contributed by atoms with Crippen LogP contribution in [0, 0.1) is 0 Å². The summed E-state index contributed by atoms with van der Waals surface area (Å²) >= 11 is 0. The number of anilines is 1. The lowest BCUT2D eigenvalue weighted by atomic mass is 9.96. The van der Waals surface area contributed by atoms with Crippen molar-refractivity contribution >= 4 is 5.69 Å². The summed E-state index contributed by atoms with van der Waals surface area (Å²) in [7, 11) is 0. The Kier molecular flexibility index (Phi) is 3.48. The normalized spacial score (nSPS) is 12.4. The van der Waals surface area contributed by atoms with Crippen molar-refractivity contribution in [3.05, 3.63) is 54.1 Å². The van der Waals surface area contributed by atoms with Crippen molar-refractivity contribution in [1.82, 2.24) is 0 Å². The zero-order chi connectivity index (χ0) is 12.3. The van der Waals surface area contributed by atoms with Crippen LogP contribution < -0.4 is 5.73 Å². The quantitative estimate of drug-likeness (QED) is 0.767.